The van der Waals surface area contributed by atoms with Gasteiger partial charge in [0.15, 0.2) is 0 Å². The molecule has 0 saturated heterocycles. The van der Waals surface area contributed by atoms with E-state index in [2.05, 4.69) is 12.2 Å². The van der Waals surface area contributed by atoms with Crippen molar-refractivity contribution in [3.8, 4) is 0 Å². The first-order valence-corrected chi connectivity index (χ1v) is 8.03. The lowest BCUT2D eigenvalue weighted by atomic mass is 9.70. The van der Waals surface area contributed by atoms with Crippen molar-refractivity contribution in [2.45, 2.75) is 51.9 Å². The molecule has 0 radical (unpaired) electrons. The van der Waals surface area contributed by atoms with Crippen LogP contribution in [0.1, 0.15) is 51.9 Å². The molecule has 4 heteroatoms. The summed E-state index contributed by atoms with van der Waals surface area (Å²) in [5.41, 5.74) is 5.95. The van der Waals surface area contributed by atoms with Crippen LogP contribution in [-0.2, 0) is 9.53 Å². The fraction of sp³-hybridized carbons (Fsp3) is 0.938. The Kier molecular flexibility index (Phi) is 5.08. The number of hydrogen-bond donors (Lipinski definition) is 2. The van der Waals surface area contributed by atoms with Gasteiger partial charge in [0.05, 0.1) is 5.41 Å². The first-order valence-electron chi connectivity index (χ1n) is 8.03. The van der Waals surface area contributed by atoms with Gasteiger partial charge in [-0.15, -0.1) is 0 Å². The SMILES string of the molecule is COCCC1(CNC(=O)C2(CN)CCC(C)CC2)CC1. The molecule has 0 bridgehead atoms. The van der Waals surface area contributed by atoms with Gasteiger partial charge in [-0.1, -0.05) is 6.92 Å². The molecule has 116 valence electrons. The predicted molar refractivity (Wildman–Crippen MR) is 80.3 cm³/mol. The van der Waals surface area contributed by atoms with Crippen LogP contribution in [0.2, 0.25) is 0 Å². The summed E-state index contributed by atoms with van der Waals surface area (Å²) in [4.78, 5) is 12.6. The Balaban J connectivity index is 1.84. The molecule has 0 aromatic heterocycles. The van der Waals surface area contributed by atoms with Gasteiger partial charge in [0.2, 0.25) is 5.91 Å². The highest BCUT2D eigenvalue weighted by Crippen LogP contribution is 2.48. The maximum absolute atomic E-state index is 12.6. The van der Waals surface area contributed by atoms with E-state index >= 15 is 0 Å². The van der Waals surface area contributed by atoms with Crippen molar-refractivity contribution >= 4 is 5.91 Å². The van der Waals surface area contributed by atoms with Crippen molar-refractivity contribution in [1.29, 1.82) is 0 Å². The first kappa shape index (κ1) is 15.8. The monoisotopic (exact) mass is 282 g/mol. The van der Waals surface area contributed by atoms with Crippen LogP contribution in [0, 0.1) is 16.7 Å². The molecule has 0 aromatic carbocycles. The average Bonchev–Trinajstić information content (AvgIpc) is 3.24. The Morgan fingerprint density at radius 2 is 1.95 bits per heavy atom. The van der Waals surface area contributed by atoms with E-state index in [0.29, 0.717) is 12.0 Å². The zero-order chi connectivity index (χ0) is 14.6. The Morgan fingerprint density at radius 1 is 1.30 bits per heavy atom. The second-order valence-corrected chi connectivity index (χ2v) is 7.09. The fourth-order valence-corrected chi connectivity index (χ4v) is 3.30. The van der Waals surface area contributed by atoms with Crippen molar-refractivity contribution in [3.63, 3.8) is 0 Å². The van der Waals surface area contributed by atoms with Crippen LogP contribution in [0.25, 0.3) is 0 Å². The van der Waals surface area contributed by atoms with Crippen molar-refractivity contribution in [2.24, 2.45) is 22.5 Å². The molecule has 1 amide bonds. The first-order chi connectivity index (χ1) is 9.56. The smallest absolute Gasteiger partial charge is 0.227 e. The van der Waals surface area contributed by atoms with Gasteiger partial charge in [-0.25, -0.2) is 0 Å². The van der Waals surface area contributed by atoms with E-state index in [1.54, 1.807) is 7.11 Å². The standard InChI is InChI=1S/C16H30N2O2/c1-13-3-5-16(11-17,6-4-13)14(19)18-12-15(7-8-15)9-10-20-2/h13H,3-12,17H2,1-2H3,(H,18,19). The molecule has 0 aromatic rings. The lowest BCUT2D eigenvalue weighted by Gasteiger charge is -2.37. The van der Waals surface area contributed by atoms with E-state index in [-0.39, 0.29) is 11.3 Å². The number of ether oxygens (including phenoxy) is 1. The van der Waals surface area contributed by atoms with E-state index in [1.807, 2.05) is 0 Å². The predicted octanol–water partition coefficient (Wildman–Crippen LogP) is 2.07. The van der Waals surface area contributed by atoms with Gasteiger partial charge in [0.25, 0.3) is 0 Å². The van der Waals surface area contributed by atoms with Gasteiger partial charge < -0.3 is 15.8 Å². The van der Waals surface area contributed by atoms with Gasteiger partial charge >= 0.3 is 0 Å². The second-order valence-electron chi connectivity index (χ2n) is 7.09. The Labute approximate surface area is 122 Å². The molecule has 0 unspecified atom stereocenters. The van der Waals surface area contributed by atoms with Crippen LogP contribution < -0.4 is 11.1 Å². The molecule has 0 aliphatic heterocycles. The summed E-state index contributed by atoms with van der Waals surface area (Å²) in [6, 6.07) is 0. The van der Waals surface area contributed by atoms with Crippen molar-refractivity contribution < 1.29 is 9.53 Å². The number of amides is 1. The van der Waals surface area contributed by atoms with Crippen molar-refractivity contribution in [1.82, 2.24) is 5.32 Å². The summed E-state index contributed by atoms with van der Waals surface area (Å²) in [5, 5.41) is 3.20. The number of rotatable bonds is 7. The topological polar surface area (TPSA) is 64.3 Å². The zero-order valence-corrected chi connectivity index (χ0v) is 13.0. The largest absolute Gasteiger partial charge is 0.385 e. The lowest BCUT2D eigenvalue weighted by molar-refractivity contribution is -0.133. The van der Waals surface area contributed by atoms with E-state index in [4.69, 9.17) is 10.5 Å². The van der Waals surface area contributed by atoms with Gasteiger partial charge in [0.1, 0.15) is 0 Å². The zero-order valence-electron chi connectivity index (χ0n) is 13.0. The quantitative estimate of drug-likeness (QED) is 0.751. The highest BCUT2D eigenvalue weighted by molar-refractivity contribution is 5.83. The lowest BCUT2D eigenvalue weighted by Crippen LogP contribution is -2.49. The van der Waals surface area contributed by atoms with Gasteiger partial charge in [-0.2, -0.15) is 0 Å². The third-order valence-electron chi connectivity index (χ3n) is 5.52. The molecule has 0 heterocycles. The van der Waals surface area contributed by atoms with E-state index in [1.165, 1.54) is 12.8 Å². The van der Waals surface area contributed by atoms with Gasteiger partial charge in [-0.05, 0) is 56.3 Å². The molecule has 4 nitrogen and oxygen atoms in total. The van der Waals surface area contributed by atoms with Gasteiger partial charge in [0, 0.05) is 26.8 Å². The molecule has 0 spiro atoms. The molecule has 2 aliphatic carbocycles. The molecule has 3 N–H and O–H groups in total. The van der Waals surface area contributed by atoms with Crippen molar-refractivity contribution in [3.05, 3.63) is 0 Å². The maximum Gasteiger partial charge on any atom is 0.227 e. The minimum absolute atomic E-state index is 0.190. The number of nitrogens with two attached hydrogens (primary N) is 1. The Hall–Kier alpha value is -0.610. The maximum atomic E-state index is 12.6. The van der Waals surface area contributed by atoms with E-state index in [0.717, 1.165) is 51.2 Å². The molecule has 0 atom stereocenters. The molecular weight excluding hydrogens is 252 g/mol. The Bertz CT molecular complexity index is 331. The van der Waals surface area contributed by atoms with Crippen LogP contribution in [0.5, 0.6) is 0 Å². The third kappa shape index (κ3) is 3.53. The number of hydrogen-bond acceptors (Lipinski definition) is 3. The normalized spacial score (nSPS) is 31.9. The minimum Gasteiger partial charge on any atom is -0.385 e. The number of nitrogens with one attached hydrogen (secondary N) is 1. The summed E-state index contributed by atoms with van der Waals surface area (Å²) < 4.78 is 5.16. The van der Waals surface area contributed by atoms with Gasteiger partial charge in [-0.3, -0.25) is 4.79 Å². The number of methoxy groups -OCH3 is 1. The van der Waals surface area contributed by atoms with Crippen molar-refractivity contribution in [2.75, 3.05) is 26.8 Å². The summed E-state index contributed by atoms with van der Waals surface area (Å²) in [5.74, 6) is 0.926. The summed E-state index contributed by atoms with van der Waals surface area (Å²) in [7, 11) is 1.74. The third-order valence-corrected chi connectivity index (χ3v) is 5.52. The fourth-order valence-electron chi connectivity index (χ4n) is 3.30. The highest BCUT2D eigenvalue weighted by atomic mass is 16.5. The van der Waals surface area contributed by atoms with Crippen LogP contribution in [0.4, 0.5) is 0 Å². The second kappa shape index (κ2) is 6.44. The van der Waals surface area contributed by atoms with Crippen LogP contribution in [0.15, 0.2) is 0 Å². The summed E-state index contributed by atoms with van der Waals surface area (Å²) in [6.07, 6.45) is 7.62. The molecular formula is C16H30N2O2. The highest BCUT2D eigenvalue weighted by Gasteiger charge is 2.45. The van der Waals surface area contributed by atoms with E-state index in [9.17, 15) is 4.79 Å². The molecule has 20 heavy (non-hydrogen) atoms. The number of carbonyl (C=O) groups excluding carboxylic acids is 1. The minimum atomic E-state index is -0.302. The van der Waals surface area contributed by atoms with Crippen LogP contribution >= 0.6 is 0 Å². The average molecular weight is 282 g/mol. The van der Waals surface area contributed by atoms with Crippen LogP contribution in [0.3, 0.4) is 0 Å². The number of carbonyl (C=O) groups is 1. The molecule has 2 rings (SSSR count). The summed E-state index contributed by atoms with van der Waals surface area (Å²) in [6.45, 7) is 4.33. The van der Waals surface area contributed by atoms with E-state index < -0.39 is 0 Å². The van der Waals surface area contributed by atoms with Crippen LogP contribution in [-0.4, -0.2) is 32.7 Å². The molecule has 2 saturated carbocycles. The molecule has 2 aliphatic rings. The Morgan fingerprint density at radius 3 is 2.45 bits per heavy atom. The summed E-state index contributed by atoms with van der Waals surface area (Å²) >= 11 is 0. The molecule has 2 fully saturated rings.